The third-order valence-electron chi connectivity index (χ3n) is 2.24. The Morgan fingerprint density at radius 2 is 2.22 bits per heavy atom. The minimum atomic E-state index is -0.488. The van der Waals surface area contributed by atoms with Crippen molar-refractivity contribution in [3.8, 4) is 0 Å². The van der Waals surface area contributed by atoms with Gasteiger partial charge in [0.15, 0.2) is 0 Å². The second kappa shape index (κ2) is 6.80. The number of nitrogens with two attached hydrogens (primary N) is 1. The van der Waals surface area contributed by atoms with Crippen LogP contribution >= 0.6 is 23.2 Å². The van der Waals surface area contributed by atoms with Gasteiger partial charge < -0.3 is 20.9 Å². The fraction of sp³-hybridized carbons (Fsp3) is 0.364. The molecule has 1 aromatic carbocycles. The van der Waals surface area contributed by atoms with Gasteiger partial charge in [0, 0.05) is 12.7 Å². The molecule has 1 aromatic rings. The maximum Gasteiger partial charge on any atom is 0.251 e. The van der Waals surface area contributed by atoms with Gasteiger partial charge in [0.1, 0.15) is 0 Å². The molecular formula is C11H14Cl2N2O3. The van der Waals surface area contributed by atoms with Crippen LogP contribution in [0.1, 0.15) is 10.4 Å². The Kier molecular flexibility index (Phi) is 5.68. The van der Waals surface area contributed by atoms with Crippen LogP contribution in [0.4, 0.5) is 5.69 Å². The molecule has 7 heteroatoms. The lowest BCUT2D eigenvalue weighted by Crippen LogP contribution is -2.40. The number of nitrogen functional groups attached to an aromatic ring is 1. The van der Waals surface area contributed by atoms with Gasteiger partial charge in [-0.2, -0.15) is 0 Å². The molecule has 1 unspecified atom stereocenters. The SMILES string of the molecule is COCC(CO)NC(=O)c1cc(N)c(Cl)c(Cl)c1. The highest BCUT2D eigenvalue weighted by Gasteiger charge is 2.15. The van der Waals surface area contributed by atoms with Crippen molar-refractivity contribution in [3.05, 3.63) is 27.7 Å². The van der Waals surface area contributed by atoms with Crippen LogP contribution in [0.5, 0.6) is 0 Å². The van der Waals surface area contributed by atoms with Crippen molar-refractivity contribution in [1.82, 2.24) is 5.32 Å². The van der Waals surface area contributed by atoms with Gasteiger partial charge in [-0.15, -0.1) is 0 Å². The summed E-state index contributed by atoms with van der Waals surface area (Å²) in [5.74, 6) is -0.406. The molecule has 0 bridgehead atoms. The normalized spacial score (nSPS) is 12.2. The van der Waals surface area contributed by atoms with Gasteiger partial charge in [-0.1, -0.05) is 23.2 Å². The van der Waals surface area contributed by atoms with E-state index in [2.05, 4.69) is 5.32 Å². The predicted octanol–water partition coefficient (Wildman–Crippen LogP) is 1.31. The van der Waals surface area contributed by atoms with E-state index in [0.717, 1.165) is 0 Å². The molecule has 5 nitrogen and oxygen atoms in total. The fourth-order valence-corrected chi connectivity index (χ4v) is 1.69. The molecule has 0 radical (unpaired) electrons. The minimum Gasteiger partial charge on any atom is -0.397 e. The molecule has 0 aliphatic heterocycles. The Labute approximate surface area is 115 Å². The van der Waals surface area contributed by atoms with Crippen molar-refractivity contribution in [2.45, 2.75) is 6.04 Å². The van der Waals surface area contributed by atoms with Crippen LogP contribution in [0.2, 0.25) is 10.0 Å². The van der Waals surface area contributed by atoms with E-state index in [1.807, 2.05) is 0 Å². The van der Waals surface area contributed by atoms with Crippen molar-refractivity contribution < 1.29 is 14.6 Å². The Morgan fingerprint density at radius 1 is 1.56 bits per heavy atom. The molecule has 0 fully saturated rings. The third-order valence-corrected chi connectivity index (χ3v) is 3.06. The van der Waals surface area contributed by atoms with E-state index in [4.69, 9.17) is 38.8 Å². The van der Waals surface area contributed by atoms with E-state index in [1.54, 1.807) is 0 Å². The standard InChI is InChI=1S/C11H14Cl2N2O3/c1-18-5-7(4-16)15-11(17)6-2-8(12)10(13)9(14)3-6/h2-3,7,16H,4-5,14H2,1H3,(H,15,17). The summed E-state index contributed by atoms with van der Waals surface area (Å²) in [5, 5.41) is 12.0. The number of halogens is 2. The summed E-state index contributed by atoms with van der Waals surface area (Å²) in [6, 6.07) is 2.35. The molecular weight excluding hydrogens is 279 g/mol. The van der Waals surface area contributed by atoms with Gasteiger partial charge >= 0.3 is 0 Å². The lowest BCUT2D eigenvalue weighted by Gasteiger charge is -2.15. The molecule has 0 aliphatic carbocycles. The zero-order valence-electron chi connectivity index (χ0n) is 9.74. The zero-order chi connectivity index (χ0) is 13.7. The summed E-state index contributed by atoms with van der Waals surface area (Å²) in [5.41, 5.74) is 6.11. The van der Waals surface area contributed by atoms with Crippen molar-refractivity contribution in [3.63, 3.8) is 0 Å². The maximum absolute atomic E-state index is 11.9. The maximum atomic E-state index is 11.9. The zero-order valence-corrected chi connectivity index (χ0v) is 11.3. The molecule has 100 valence electrons. The summed E-state index contributed by atoms with van der Waals surface area (Å²) in [4.78, 5) is 11.9. The van der Waals surface area contributed by atoms with Crippen molar-refractivity contribution in [2.24, 2.45) is 0 Å². The molecule has 1 amide bonds. The molecule has 18 heavy (non-hydrogen) atoms. The van der Waals surface area contributed by atoms with Gasteiger partial charge in [-0.05, 0) is 12.1 Å². The van der Waals surface area contributed by atoms with Crippen LogP contribution < -0.4 is 11.1 Å². The molecule has 1 rings (SSSR count). The number of rotatable bonds is 5. The first-order chi connectivity index (χ1) is 8.49. The first kappa shape index (κ1) is 15.0. The lowest BCUT2D eigenvalue weighted by molar-refractivity contribution is 0.0840. The number of hydrogen-bond acceptors (Lipinski definition) is 4. The van der Waals surface area contributed by atoms with Gasteiger partial charge in [-0.25, -0.2) is 0 Å². The quantitative estimate of drug-likeness (QED) is 0.715. The second-order valence-electron chi connectivity index (χ2n) is 3.67. The number of anilines is 1. The number of carbonyl (C=O) groups excluding carboxylic acids is 1. The largest absolute Gasteiger partial charge is 0.397 e. The fourth-order valence-electron chi connectivity index (χ4n) is 1.35. The van der Waals surface area contributed by atoms with Crippen LogP contribution in [0.3, 0.4) is 0 Å². The second-order valence-corrected chi connectivity index (χ2v) is 4.45. The van der Waals surface area contributed by atoms with E-state index in [0.29, 0.717) is 0 Å². The van der Waals surface area contributed by atoms with E-state index in [1.165, 1.54) is 19.2 Å². The Bertz CT molecular complexity index is 417. The van der Waals surface area contributed by atoms with Crippen LogP contribution in [0.25, 0.3) is 0 Å². The van der Waals surface area contributed by atoms with Gasteiger partial charge in [0.25, 0.3) is 5.91 Å². The van der Waals surface area contributed by atoms with Gasteiger partial charge in [0.2, 0.25) is 0 Å². The predicted molar refractivity (Wildman–Crippen MR) is 71.1 cm³/mol. The van der Waals surface area contributed by atoms with Crippen LogP contribution in [0.15, 0.2) is 12.1 Å². The van der Waals surface area contributed by atoms with Crippen molar-refractivity contribution in [2.75, 3.05) is 26.1 Å². The number of aliphatic hydroxyl groups is 1. The highest BCUT2D eigenvalue weighted by Crippen LogP contribution is 2.29. The molecule has 4 N–H and O–H groups in total. The van der Waals surface area contributed by atoms with Crippen LogP contribution in [-0.2, 0) is 4.74 Å². The number of amides is 1. The number of benzene rings is 1. The average Bonchev–Trinajstić information content (AvgIpc) is 2.34. The highest BCUT2D eigenvalue weighted by molar-refractivity contribution is 6.43. The van der Waals surface area contributed by atoms with Gasteiger partial charge in [-0.3, -0.25) is 4.79 Å². The Balaban J connectivity index is 2.84. The van der Waals surface area contributed by atoms with E-state index in [9.17, 15) is 4.79 Å². The van der Waals surface area contributed by atoms with E-state index < -0.39 is 11.9 Å². The summed E-state index contributed by atoms with van der Waals surface area (Å²) in [6.07, 6.45) is 0. The molecule has 0 heterocycles. The molecule has 0 aromatic heterocycles. The molecule has 0 saturated heterocycles. The van der Waals surface area contributed by atoms with Crippen LogP contribution in [0, 0.1) is 0 Å². The van der Waals surface area contributed by atoms with Gasteiger partial charge in [0.05, 0.1) is 35.0 Å². The number of nitrogens with one attached hydrogen (secondary N) is 1. The number of aliphatic hydroxyl groups excluding tert-OH is 1. The van der Waals surface area contributed by atoms with E-state index in [-0.39, 0.29) is 34.5 Å². The van der Waals surface area contributed by atoms with Crippen molar-refractivity contribution in [1.29, 1.82) is 0 Å². The number of carbonyl (C=O) groups is 1. The number of methoxy groups -OCH3 is 1. The molecule has 0 spiro atoms. The van der Waals surface area contributed by atoms with E-state index >= 15 is 0 Å². The summed E-state index contributed by atoms with van der Waals surface area (Å²) in [7, 11) is 1.48. The smallest absolute Gasteiger partial charge is 0.251 e. The Morgan fingerprint density at radius 3 is 2.72 bits per heavy atom. The number of ether oxygens (including phenoxy) is 1. The van der Waals surface area contributed by atoms with Crippen molar-refractivity contribution >= 4 is 34.8 Å². The Hall–Kier alpha value is -1.01. The average molecular weight is 293 g/mol. The van der Waals surface area contributed by atoms with Crippen LogP contribution in [-0.4, -0.2) is 37.4 Å². The monoisotopic (exact) mass is 292 g/mol. The summed E-state index contributed by atoms with van der Waals surface area (Å²) in [6.45, 7) is -0.0184. The molecule has 0 saturated carbocycles. The molecule has 0 aliphatic rings. The minimum absolute atomic E-state index is 0.203. The summed E-state index contributed by atoms with van der Waals surface area (Å²) < 4.78 is 4.85. The first-order valence-electron chi connectivity index (χ1n) is 5.14. The summed E-state index contributed by atoms with van der Waals surface area (Å²) >= 11 is 11.6. The highest BCUT2D eigenvalue weighted by atomic mass is 35.5. The topological polar surface area (TPSA) is 84.6 Å². The number of hydrogen-bond donors (Lipinski definition) is 3. The lowest BCUT2D eigenvalue weighted by atomic mass is 10.1. The first-order valence-corrected chi connectivity index (χ1v) is 5.90. The third kappa shape index (κ3) is 3.74. The molecule has 1 atom stereocenters.